The molecule has 1 saturated heterocycles. The van der Waals surface area contributed by atoms with Crippen molar-refractivity contribution in [2.75, 3.05) is 37.9 Å². The number of hydrogen-bond acceptors (Lipinski definition) is 7. The number of imidazole rings is 1. The predicted molar refractivity (Wildman–Crippen MR) is 107 cm³/mol. The van der Waals surface area contributed by atoms with Crippen LogP contribution in [-0.2, 0) is 11.3 Å². The van der Waals surface area contributed by atoms with E-state index in [-0.39, 0.29) is 0 Å². The maximum absolute atomic E-state index is 6.11. The number of ether oxygens (including phenoxy) is 2. The predicted octanol–water partition coefficient (Wildman–Crippen LogP) is 3.23. The van der Waals surface area contributed by atoms with Crippen molar-refractivity contribution in [3.63, 3.8) is 0 Å². The van der Waals surface area contributed by atoms with Gasteiger partial charge in [-0.1, -0.05) is 19.8 Å². The lowest BCUT2D eigenvalue weighted by Crippen LogP contribution is -2.17. The van der Waals surface area contributed by atoms with Gasteiger partial charge in [0.2, 0.25) is 5.95 Å². The summed E-state index contributed by atoms with van der Waals surface area (Å²) in [7, 11) is 1.63. The van der Waals surface area contributed by atoms with Gasteiger partial charge in [-0.05, 0) is 38.0 Å². The van der Waals surface area contributed by atoms with Crippen LogP contribution in [0, 0.1) is 5.92 Å². The molecule has 3 heterocycles. The van der Waals surface area contributed by atoms with Gasteiger partial charge in [-0.25, -0.2) is 0 Å². The molecule has 0 amide bonds. The molecule has 1 aliphatic heterocycles. The van der Waals surface area contributed by atoms with Crippen LogP contribution >= 0.6 is 0 Å². The smallest absolute Gasteiger partial charge is 0.298 e. The number of nitrogen functional groups attached to an aromatic ring is 1. The van der Waals surface area contributed by atoms with Gasteiger partial charge >= 0.3 is 0 Å². The minimum absolute atomic E-state index is 0.385. The Bertz CT molecular complexity index is 727. The second kappa shape index (κ2) is 9.73. The molecule has 0 saturated carbocycles. The third kappa shape index (κ3) is 5.00. The Morgan fingerprint density at radius 3 is 2.89 bits per heavy atom. The van der Waals surface area contributed by atoms with Gasteiger partial charge in [0, 0.05) is 26.3 Å². The Hall–Kier alpha value is -2.09. The van der Waals surface area contributed by atoms with E-state index in [1.807, 2.05) is 4.57 Å². The lowest BCUT2D eigenvalue weighted by atomic mass is 9.96. The summed E-state index contributed by atoms with van der Waals surface area (Å²) in [5.74, 6) is 1.64. The average molecular weight is 377 g/mol. The highest BCUT2D eigenvalue weighted by Crippen LogP contribution is 2.26. The molecule has 0 spiro atoms. The quantitative estimate of drug-likeness (QED) is 0.614. The van der Waals surface area contributed by atoms with Crippen LogP contribution in [0.1, 0.15) is 51.9 Å². The molecule has 0 aliphatic carbocycles. The van der Waals surface area contributed by atoms with E-state index in [1.165, 1.54) is 19.3 Å². The Morgan fingerprint density at radius 1 is 1.26 bits per heavy atom. The molecule has 1 unspecified atom stereocenters. The van der Waals surface area contributed by atoms with Gasteiger partial charge in [0.1, 0.15) is 0 Å². The summed E-state index contributed by atoms with van der Waals surface area (Å²) in [6.45, 7) is 5.62. The third-order valence-electron chi connectivity index (χ3n) is 5.08. The van der Waals surface area contributed by atoms with Crippen molar-refractivity contribution in [3.8, 4) is 6.01 Å². The van der Waals surface area contributed by atoms with E-state index in [2.05, 4.69) is 27.2 Å². The first-order valence-corrected chi connectivity index (χ1v) is 10.1. The highest BCUT2D eigenvalue weighted by atomic mass is 16.5. The molecule has 8 nitrogen and oxygen atoms in total. The molecule has 3 N–H and O–H groups in total. The van der Waals surface area contributed by atoms with Gasteiger partial charge in [0.15, 0.2) is 17.0 Å². The molecule has 3 rings (SSSR count). The van der Waals surface area contributed by atoms with E-state index < -0.39 is 0 Å². The summed E-state index contributed by atoms with van der Waals surface area (Å²) in [6, 6.07) is 0.540. The average Bonchev–Trinajstić information content (AvgIpc) is 3.04. The van der Waals surface area contributed by atoms with Crippen LogP contribution in [0.5, 0.6) is 6.01 Å². The fourth-order valence-corrected chi connectivity index (χ4v) is 3.55. The summed E-state index contributed by atoms with van der Waals surface area (Å²) in [5, 5.41) is 3.25. The zero-order valence-corrected chi connectivity index (χ0v) is 16.5. The molecule has 1 aliphatic rings. The van der Waals surface area contributed by atoms with Crippen molar-refractivity contribution in [2.45, 2.75) is 58.4 Å². The van der Waals surface area contributed by atoms with E-state index in [1.54, 1.807) is 7.11 Å². The van der Waals surface area contributed by atoms with Crippen LogP contribution in [0.25, 0.3) is 11.2 Å². The van der Waals surface area contributed by atoms with E-state index >= 15 is 0 Å². The lowest BCUT2D eigenvalue weighted by molar-refractivity contribution is 0.0506. The Morgan fingerprint density at radius 2 is 2.15 bits per heavy atom. The van der Waals surface area contributed by atoms with Crippen molar-refractivity contribution in [3.05, 3.63) is 0 Å². The van der Waals surface area contributed by atoms with E-state index in [4.69, 9.17) is 15.2 Å². The maximum atomic E-state index is 6.11. The molecule has 0 radical (unpaired) electrons. The highest BCUT2D eigenvalue weighted by Gasteiger charge is 2.18. The zero-order chi connectivity index (χ0) is 19.1. The molecule has 150 valence electrons. The molecule has 0 bridgehead atoms. The maximum Gasteiger partial charge on any atom is 0.298 e. The number of aromatic nitrogens is 4. The van der Waals surface area contributed by atoms with Crippen LogP contribution in [0.15, 0.2) is 0 Å². The number of aryl methyl sites for hydroxylation is 1. The number of hydrogen-bond donors (Lipinski definition) is 2. The van der Waals surface area contributed by atoms with Gasteiger partial charge in [-0.3, -0.25) is 4.57 Å². The molecule has 1 atom stereocenters. The third-order valence-corrected chi connectivity index (χ3v) is 5.08. The zero-order valence-electron chi connectivity index (χ0n) is 16.5. The van der Waals surface area contributed by atoms with Gasteiger partial charge < -0.3 is 20.5 Å². The normalized spacial score (nSPS) is 17.3. The van der Waals surface area contributed by atoms with Gasteiger partial charge in [0.25, 0.3) is 6.01 Å². The lowest BCUT2D eigenvalue weighted by Gasteiger charge is -2.21. The second-order valence-corrected chi connectivity index (χ2v) is 7.21. The SMILES string of the molecule is CCCCNc1nc(N)c2nc(OC)n(CCCCC3CCCOC3)c2n1. The Balaban J connectivity index is 1.68. The van der Waals surface area contributed by atoms with Gasteiger partial charge in [0.05, 0.1) is 7.11 Å². The monoisotopic (exact) mass is 376 g/mol. The van der Waals surface area contributed by atoms with Crippen molar-refractivity contribution >= 4 is 22.9 Å². The Kier molecular flexibility index (Phi) is 7.09. The number of fused-ring (bicyclic) bond motifs is 1. The minimum atomic E-state index is 0.385. The van der Waals surface area contributed by atoms with Crippen LogP contribution in [-0.4, -0.2) is 46.4 Å². The number of unbranched alkanes of at least 4 members (excludes halogenated alkanes) is 2. The first kappa shape index (κ1) is 19.7. The number of nitrogens with one attached hydrogen (secondary N) is 1. The number of anilines is 2. The summed E-state index contributed by atoms with van der Waals surface area (Å²) >= 11 is 0. The first-order chi connectivity index (χ1) is 13.2. The molecule has 2 aromatic rings. The molecular formula is C19H32N6O2. The van der Waals surface area contributed by atoms with Crippen molar-refractivity contribution in [2.24, 2.45) is 5.92 Å². The van der Waals surface area contributed by atoms with E-state index in [9.17, 15) is 0 Å². The van der Waals surface area contributed by atoms with Crippen molar-refractivity contribution < 1.29 is 9.47 Å². The number of rotatable bonds is 10. The number of nitrogens with zero attached hydrogens (tertiary/aromatic N) is 4. The van der Waals surface area contributed by atoms with Crippen LogP contribution in [0.3, 0.4) is 0 Å². The molecule has 2 aromatic heterocycles. The van der Waals surface area contributed by atoms with Crippen LogP contribution in [0.4, 0.5) is 11.8 Å². The van der Waals surface area contributed by atoms with Crippen molar-refractivity contribution in [1.82, 2.24) is 19.5 Å². The number of methoxy groups -OCH3 is 1. The summed E-state index contributed by atoms with van der Waals surface area (Å²) in [6.07, 6.45) is 8.05. The topological polar surface area (TPSA) is 100 Å². The fourth-order valence-electron chi connectivity index (χ4n) is 3.55. The molecule has 0 aromatic carbocycles. The van der Waals surface area contributed by atoms with Crippen LogP contribution < -0.4 is 15.8 Å². The summed E-state index contributed by atoms with van der Waals surface area (Å²) in [5.41, 5.74) is 7.45. The molecular weight excluding hydrogens is 344 g/mol. The largest absolute Gasteiger partial charge is 0.468 e. The molecule has 27 heavy (non-hydrogen) atoms. The number of nitrogens with two attached hydrogens (primary N) is 1. The van der Waals surface area contributed by atoms with E-state index in [0.717, 1.165) is 57.6 Å². The standard InChI is InChI=1S/C19H32N6O2/c1-3-4-10-21-18-23-16(20)15-17(24-18)25(19(22-15)26-2)11-6-5-8-14-9-7-12-27-13-14/h14H,3-13H2,1-2H3,(H3,20,21,23,24). The minimum Gasteiger partial charge on any atom is -0.468 e. The summed E-state index contributed by atoms with van der Waals surface area (Å²) in [4.78, 5) is 13.5. The molecule has 8 heteroatoms. The van der Waals surface area contributed by atoms with Crippen molar-refractivity contribution in [1.29, 1.82) is 0 Å². The second-order valence-electron chi connectivity index (χ2n) is 7.21. The first-order valence-electron chi connectivity index (χ1n) is 10.1. The van der Waals surface area contributed by atoms with E-state index in [0.29, 0.717) is 29.2 Å². The molecule has 1 fully saturated rings. The van der Waals surface area contributed by atoms with Gasteiger partial charge in [-0.2, -0.15) is 15.0 Å². The Labute approximate surface area is 160 Å². The summed E-state index contributed by atoms with van der Waals surface area (Å²) < 4.78 is 13.0. The van der Waals surface area contributed by atoms with Gasteiger partial charge in [-0.15, -0.1) is 0 Å². The fraction of sp³-hybridized carbons (Fsp3) is 0.737. The highest BCUT2D eigenvalue weighted by molar-refractivity contribution is 5.84. The van der Waals surface area contributed by atoms with Crippen LogP contribution in [0.2, 0.25) is 0 Å².